The number of carbonyl (C=O) groups excluding carboxylic acids is 1. The average molecular weight is 320 g/mol. The van der Waals surface area contributed by atoms with Gasteiger partial charge in [-0.3, -0.25) is 4.79 Å². The molecule has 2 unspecified atom stereocenters. The standard InChI is InChI=1S/C18H25FN2O2/c1-21(8-9-23-17-6-2-14(19)3-7-17)18(22)12-13-10-15-4-5-16(11-13)20-15/h2-3,6-7,13,15-16,20H,4-5,8-12H2,1H3. The maximum Gasteiger partial charge on any atom is 0.222 e. The van der Waals surface area contributed by atoms with Crippen LogP contribution in [0.25, 0.3) is 0 Å². The van der Waals surface area contributed by atoms with E-state index in [1.807, 2.05) is 7.05 Å². The van der Waals surface area contributed by atoms with Crippen LogP contribution in [-0.4, -0.2) is 43.1 Å². The highest BCUT2D eigenvalue weighted by Gasteiger charge is 2.34. The lowest BCUT2D eigenvalue weighted by molar-refractivity contribution is -0.131. The predicted molar refractivity (Wildman–Crippen MR) is 86.8 cm³/mol. The van der Waals surface area contributed by atoms with Gasteiger partial charge >= 0.3 is 0 Å². The number of nitrogens with one attached hydrogen (secondary N) is 1. The zero-order valence-corrected chi connectivity index (χ0v) is 13.6. The number of amides is 1. The van der Waals surface area contributed by atoms with Crippen LogP contribution in [0.4, 0.5) is 4.39 Å². The summed E-state index contributed by atoms with van der Waals surface area (Å²) < 4.78 is 18.4. The molecular weight excluding hydrogens is 295 g/mol. The fourth-order valence-corrected chi connectivity index (χ4v) is 3.70. The minimum atomic E-state index is -0.277. The van der Waals surface area contributed by atoms with E-state index in [1.165, 1.54) is 25.0 Å². The lowest BCUT2D eigenvalue weighted by atomic mass is 9.89. The highest BCUT2D eigenvalue weighted by Crippen LogP contribution is 2.32. The molecule has 0 spiro atoms. The Hall–Kier alpha value is -1.62. The summed E-state index contributed by atoms with van der Waals surface area (Å²) in [4.78, 5) is 14.1. The lowest BCUT2D eigenvalue weighted by Crippen LogP contribution is -2.40. The summed E-state index contributed by atoms with van der Waals surface area (Å²) in [6.45, 7) is 0.972. The maximum absolute atomic E-state index is 12.8. The van der Waals surface area contributed by atoms with Gasteiger partial charge in [-0.05, 0) is 55.9 Å². The van der Waals surface area contributed by atoms with Crippen LogP contribution in [0.15, 0.2) is 24.3 Å². The Bertz CT molecular complexity index is 522. The number of benzene rings is 1. The summed E-state index contributed by atoms with van der Waals surface area (Å²) in [5.41, 5.74) is 0. The van der Waals surface area contributed by atoms with Crippen molar-refractivity contribution in [3.63, 3.8) is 0 Å². The predicted octanol–water partition coefficient (Wildman–Crippen LogP) is 2.58. The number of piperidine rings is 1. The SMILES string of the molecule is CN(CCOc1ccc(F)cc1)C(=O)CC1CC2CCC(C1)N2. The number of carbonyl (C=O) groups is 1. The number of ether oxygens (including phenoxy) is 1. The van der Waals surface area contributed by atoms with E-state index in [4.69, 9.17) is 4.74 Å². The van der Waals surface area contributed by atoms with Gasteiger partial charge in [0.2, 0.25) is 5.91 Å². The molecule has 2 atom stereocenters. The van der Waals surface area contributed by atoms with E-state index in [1.54, 1.807) is 17.0 Å². The number of hydrogen-bond donors (Lipinski definition) is 1. The third-order valence-electron chi connectivity index (χ3n) is 4.97. The molecule has 1 N–H and O–H groups in total. The Morgan fingerprint density at radius 1 is 1.26 bits per heavy atom. The normalized spacial score (nSPS) is 26.1. The molecule has 126 valence electrons. The third-order valence-corrected chi connectivity index (χ3v) is 4.97. The second-order valence-electron chi connectivity index (χ2n) is 6.80. The molecule has 1 aromatic rings. The van der Waals surface area contributed by atoms with Crippen LogP contribution in [0, 0.1) is 11.7 Å². The Labute approximate surface area is 137 Å². The molecule has 5 heteroatoms. The van der Waals surface area contributed by atoms with Crippen LogP contribution in [0.3, 0.4) is 0 Å². The van der Waals surface area contributed by atoms with E-state index in [0.29, 0.717) is 43.3 Å². The summed E-state index contributed by atoms with van der Waals surface area (Å²) in [5.74, 6) is 1.06. The topological polar surface area (TPSA) is 41.6 Å². The number of halogens is 1. The molecule has 2 aliphatic rings. The summed E-state index contributed by atoms with van der Waals surface area (Å²) >= 11 is 0. The van der Waals surface area contributed by atoms with Crippen molar-refractivity contribution in [1.82, 2.24) is 10.2 Å². The average Bonchev–Trinajstić information content (AvgIpc) is 2.88. The Morgan fingerprint density at radius 3 is 2.57 bits per heavy atom. The van der Waals surface area contributed by atoms with Crippen LogP contribution < -0.4 is 10.1 Å². The monoisotopic (exact) mass is 320 g/mol. The molecule has 2 aliphatic heterocycles. The van der Waals surface area contributed by atoms with E-state index < -0.39 is 0 Å². The summed E-state index contributed by atoms with van der Waals surface area (Å²) in [7, 11) is 1.83. The Kier molecular flexibility index (Phi) is 5.16. The number of rotatable bonds is 6. The molecule has 2 heterocycles. The van der Waals surface area contributed by atoms with Gasteiger partial charge in [-0.25, -0.2) is 4.39 Å². The van der Waals surface area contributed by atoms with E-state index in [9.17, 15) is 9.18 Å². The minimum absolute atomic E-state index is 0.194. The first-order chi connectivity index (χ1) is 11.1. The molecule has 23 heavy (non-hydrogen) atoms. The second-order valence-corrected chi connectivity index (χ2v) is 6.80. The van der Waals surface area contributed by atoms with Gasteiger partial charge in [0.1, 0.15) is 18.2 Å². The highest BCUT2D eigenvalue weighted by atomic mass is 19.1. The quantitative estimate of drug-likeness (QED) is 0.876. The van der Waals surface area contributed by atoms with Gasteiger partial charge in [0.25, 0.3) is 0 Å². The summed E-state index contributed by atoms with van der Waals surface area (Å²) in [6, 6.07) is 7.19. The fraction of sp³-hybridized carbons (Fsp3) is 0.611. The Morgan fingerprint density at radius 2 is 1.91 bits per heavy atom. The molecule has 2 fully saturated rings. The fourth-order valence-electron chi connectivity index (χ4n) is 3.70. The molecule has 2 bridgehead atoms. The van der Waals surface area contributed by atoms with E-state index in [0.717, 1.165) is 12.8 Å². The van der Waals surface area contributed by atoms with Gasteiger partial charge in [0, 0.05) is 25.6 Å². The van der Waals surface area contributed by atoms with Crippen molar-refractivity contribution >= 4 is 5.91 Å². The molecule has 1 amide bonds. The zero-order valence-electron chi connectivity index (χ0n) is 13.6. The van der Waals surface area contributed by atoms with Gasteiger partial charge in [-0.1, -0.05) is 0 Å². The minimum Gasteiger partial charge on any atom is -0.492 e. The van der Waals surface area contributed by atoms with Crippen LogP contribution >= 0.6 is 0 Å². The summed E-state index contributed by atoms with van der Waals surface area (Å²) in [5, 5.41) is 3.61. The van der Waals surface area contributed by atoms with E-state index >= 15 is 0 Å². The number of nitrogens with zero attached hydrogens (tertiary/aromatic N) is 1. The molecule has 0 saturated carbocycles. The first-order valence-corrected chi connectivity index (χ1v) is 8.48. The second kappa shape index (κ2) is 7.30. The van der Waals surface area contributed by atoms with E-state index in [2.05, 4.69) is 5.32 Å². The van der Waals surface area contributed by atoms with Gasteiger partial charge in [0.15, 0.2) is 0 Å². The van der Waals surface area contributed by atoms with Crippen LogP contribution in [0.5, 0.6) is 5.75 Å². The van der Waals surface area contributed by atoms with Crippen LogP contribution in [0.2, 0.25) is 0 Å². The lowest BCUT2D eigenvalue weighted by Gasteiger charge is -2.30. The van der Waals surface area contributed by atoms with Crippen LogP contribution in [-0.2, 0) is 4.79 Å². The molecule has 2 saturated heterocycles. The molecule has 4 nitrogen and oxygen atoms in total. The first kappa shape index (κ1) is 16.2. The number of hydrogen-bond acceptors (Lipinski definition) is 3. The maximum atomic E-state index is 12.8. The molecule has 3 rings (SSSR count). The summed E-state index contributed by atoms with van der Waals surface area (Å²) in [6.07, 6.45) is 5.42. The molecule has 0 aliphatic carbocycles. The van der Waals surface area contributed by atoms with Gasteiger partial charge in [-0.2, -0.15) is 0 Å². The van der Waals surface area contributed by atoms with Crippen molar-refractivity contribution in [2.45, 2.75) is 44.2 Å². The van der Waals surface area contributed by atoms with Crippen molar-refractivity contribution in [2.75, 3.05) is 20.2 Å². The van der Waals surface area contributed by atoms with Crippen molar-refractivity contribution < 1.29 is 13.9 Å². The molecule has 0 aromatic heterocycles. The zero-order chi connectivity index (χ0) is 16.2. The van der Waals surface area contributed by atoms with Gasteiger partial charge in [-0.15, -0.1) is 0 Å². The van der Waals surface area contributed by atoms with E-state index in [-0.39, 0.29) is 11.7 Å². The smallest absolute Gasteiger partial charge is 0.222 e. The molecule has 1 aromatic carbocycles. The molecular formula is C18H25FN2O2. The largest absolute Gasteiger partial charge is 0.492 e. The van der Waals surface area contributed by atoms with Gasteiger partial charge in [0.05, 0.1) is 6.54 Å². The van der Waals surface area contributed by atoms with Crippen LogP contribution in [0.1, 0.15) is 32.1 Å². The van der Waals surface area contributed by atoms with Crippen molar-refractivity contribution in [1.29, 1.82) is 0 Å². The number of fused-ring (bicyclic) bond motifs is 2. The Balaban J connectivity index is 1.38. The van der Waals surface area contributed by atoms with Gasteiger partial charge < -0.3 is 15.0 Å². The number of likely N-dealkylation sites (N-methyl/N-ethyl adjacent to an activating group) is 1. The van der Waals surface area contributed by atoms with Crippen molar-refractivity contribution in [2.24, 2.45) is 5.92 Å². The first-order valence-electron chi connectivity index (χ1n) is 8.48. The van der Waals surface area contributed by atoms with Crippen molar-refractivity contribution in [3.8, 4) is 5.75 Å². The van der Waals surface area contributed by atoms with Crippen molar-refractivity contribution in [3.05, 3.63) is 30.1 Å². The highest BCUT2D eigenvalue weighted by molar-refractivity contribution is 5.76. The molecule has 0 radical (unpaired) electrons. The third kappa shape index (κ3) is 4.44.